The van der Waals surface area contributed by atoms with Gasteiger partial charge in [-0.1, -0.05) is 17.7 Å². The Morgan fingerprint density at radius 3 is 2.43 bits per heavy atom. The van der Waals surface area contributed by atoms with Crippen molar-refractivity contribution in [2.24, 2.45) is 11.8 Å². The lowest BCUT2D eigenvalue weighted by Crippen LogP contribution is -2.37. The first-order chi connectivity index (χ1) is 19.7. The largest absolute Gasteiger partial charge is 0.416 e. The number of halogens is 7. The summed E-state index contributed by atoms with van der Waals surface area (Å²) in [5, 5.41) is 18.3. The van der Waals surface area contributed by atoms with Crippen LogP contribution in [0.2, 0.25) is 5.02 Å². The summed E-state index contributed by atoms with van der Waals surface area (Å²) in [5.41, 5.74) is -0.416. The molecule has 0 radical (unpaired) electrons. The second kappa shape index (κ2) is 11.0. The maximum absolute atomic E-state index is 13.1. The van der Waals surface area contributed by atoms with Gasteiger partial charge in [0.15, 0.2) is 23.6 Å². The summed E-state index contributed by atoms with van der Waals surface area (Å²) in [6.07, 6.45) is -10.3. The number of aliphatic hydroxyl groups excluding tert-OH is 1. The summed E-state index contributed by atoms with van der Waals surface area (Å²) in [6, 6.07) is 8.83. The van der Waals surface area contributed by atoms with Gasteiger partial charge < -0.3 is 5.11 Å². The van der Waals surface area contributed by atoms with Crippen molar-refractivity contribution >= 4 is 17.4 Å². The van der Waals surface area contributed by atoms with Gasteiger partial charge in [-0.15, -0.1) is 10.2 Å². The Hall–Kier alpha value is -4.05. The molecule has 0 aliphatic heterocycles. The summed E-state index contributed by atoms with van der Waals surface area (Å²) in [4.78, 5) is 33.8. The van der Waals surface area contributed by atoms with E-state index in [1.165, 1.54) is 53.6 Å². The quantitative estimate of drug-likeness (QED) is 0.286. The molecular weight excluding hydrogens is 596 g/mol. The second-order valence-electron chi connectivity index (χ2n) is 9.66. The van der Waals surface area contributed by atoms with Crippen LogP contribution in [0.4, 0.5) is 26.3 Å². The van der Waals surface area contributed by atoms with Gasteiger partial charge in [-0.05, 0) is 36.8 Å². The highest BCUT2D eigenvalue weighted by Crippen LogP contribution is 2.50. The smallest absolute Gasteiger partial charge is 0.382 e. The Balaban J connectivity index is 1.40. The molecule has 1 fully saturated rings. The number of benzene rings is 1. The number of pyridine rings is 1. The summed E-state index contributed by atoms with van der Waals surface area (Å²) < 4.78 is 80.7. The van der Waals surface area contributed by atoms with E-state index in [9.17, 15) is 41.0 Å². The zero-order valence-corrected chi connectivity index (χ0v) is 22.0. The summed E-state index contributed by atoms with van der Waals surface area (Å²) in [6.45, 7) is -1.51. The van der Waals surface area contributed by atoms with Gasteiger partial charge in [0.2, 0.25) is 0 Å². The summed E-state index contributed by atoms with van der Waals surface area (Å²) in [5.74, 6) is -3.40. The van der Waals surface area contributed by atoms with Crippen molar-refractivity contribution in [1.29, 1.82) is 0 Å². The van der Waals surface area contributed by atoms with E-state index in [0.717, 1.165) is 4.68 Å². The van der Waals surface area contributed by atoms with Crippen molar-refractivity contribution in [3.05, 3.63) is 75.8 Å². The SMILES string of the molecule is O=C(Cc1cccnc1-n1cnc(Cn2nc(-c3ccc(Cl)cc3)n(C[C@H](O)C(F)(F)F)c2=O)n1)[C@@H]1C[C@@H]1C(F)(F)F. The predicted molar refractivity (Wildman–Crippen MR) is 134 cm³/mol. The van der Waals surface area contributed by atoms with Gasteiger partial charge in [-0.2, -0.15) is 26.3 Å². The number of aromatic nitrogens is 7. The van der Waals surface area contributed by atoms with Crippen LogP contribution in [0, 0.1) is 11.8 Å². The minimum atomic E-state index is -4.99. The monoisotopic (exact) mass is 615 g/mol. The number of ketones is 1. The molecule has 1 N–H and O–H groups in total. The normalized spacial score (nSPS) is 17.8. The molecule has 3 atom stereocenters. The first-order valence-electron chi connectivity index (χ1n) is 12.3. The molecule has 3 heterocycles. The van der Waals surface area contributed by atoms with Crippen LogP contribution in [0.5, 0.6) is 0 Å². The fourth-order valence-corrected chi connectivity index (χ4v) is 4.54. The maximum atomic E-state index is 13.1. The average Bonchev–Trinajstić information content (AvgIpc) is 3.54. The zero-order chi connectivity index (χ0) is 30.4. The minimum Gasteiger partial charge on any atom is -0.382 e. The molecule has 0 saturated heterocycles. The fraction of sp³-hybridized carbons (Fsp3) is 0.360. The molecule has 0 amide bonds. The van der Waals surface area contributed by atoms with E-state index in [-0.39, 0.29) is 35.9 Å². The van der Waals surface area contributed by atoms with Gasteiger partial charge in [0.25, 0.3) is 0 Å². The molecule has 222 valence electrons. The zero-order valence-electron chi connectivity index (χ0n) is 21.2. The van der Waals surface area contributed by atoms with Crippen LogP contribution in [-0.4, -0.2) is 63.4 Å². The summed E-state index contributed by atoms with van der Waals surface area (Å²) >= 11 is 5.89. The van der Waals surface area contributed by atoms with Crippen LogP contribution in [0.25, 0.3) is 17.2 Å². The van der Waals surface area contributed by atoms with E-state index in [2.05, 4.69) is 20.2 Å². The number of Topliss-reactive ketones (excluding diaryl/α,β-unsaturated/α-hetero) is 1. The number of aliphatic hydroxyl groups is 1. The molecule has 10 nitrogen and oxygen atoms in total. The Bertz CT molecular complexity index is 1660. The number of hydrogen-bond donors (Lipinski definition) is 1. The van der Waals surface area contributed by atoms with E-state index in [4.69, 9.17) is 11.6 Å². The highest BCUT2D eigenvalue weighted by atomic mass is 35.5. The Morgan fingerprint density at radius 2 is 1.79 bits per heavy atom. The Labute approximate surface area is 237 Å². The van der Waals surface area contributed by atoms with E-state index in [1.807, 2.05) is 0 Å². The number of carbonyl (C=O) groups is 1. The van der Waals surface area contributed by atoms with Crippen LogP contribution in [0.1, 0.15) is 17.8 Å². The van der Waals surface area contributed by atoms with E-state index in [1.54, 1.807) is 0 Å². The molecule has 0 bridgehead atoms. The fourth-order valence-electron chi connectivity index (χ4n) is 4.41. The molecule has 1 aliphatic carbocycles. The lowest BCUT2D eigenvalue weighted by atomic mass is 10.1. The first kappa shape index (κ1) is 29.4. The number of hydrogen-bond acceptors (Lipinski definition) is 7. The van der Waals surface area contributed by atoms with E-state index in [0.29, 0.717) is 15.2 Å². The van der Waals surface area contributed by atoms with Crippen molar-refractivity contribution in [2.75, 3.05) is 0 Å². The van der Waals surface area contributed by atoms with Gasteiger partial charge in [0.1, 0.15) is 18.7 Å². The van der Waals surface area contributed by atoms with Gasteiger partial charge in [-0.25, -0.2) is 24.1 Å². The van der Waals surface area contributed by atoms with Crippen LogP contribution >= 0.6 is 11.6 Å². The number of alkyl halides is 6. The number of nitrogens with zero attached hydrogens (tertiary/aromatic N) is 7. The molecule has 17 heteroatoms. The maximum Gasteiger partial charge on any atom is 0.416 e. The lowest BCUT2D eigenvalue weighted by molar-refractivity contribution is -0.207. The molecule has 0 spiro atoms. The molecule has 4 aromatic rings. The third-order valence-electron chi connectivity index (χ3n) is 6.66. The Morgan fingerprint density at radius 1 is 1.07 bits per heavy atom. The van der Waals surface area contributed by atoms with Gasteiger partial charge in [0, 0.05) is 34.7 Å². The van der Waals surface area contributed by atoms with Gasteiger partial charge >= 0.3 is 18.0 Å². The molecular formula is C25H20ClF6N7O3. The highest BCUT2D eigenvalue weighted by molar-refractivity contribution is 6.30. The molecule has 3 aromatic heterocycles. The second-order valence-corrected chi connectivity index (χ2v) is 10.1. The molecule has 1 aromatic carbocycles. The predicted octanol–water partition coefficient (Wildman–Crippen LogP) is 3.62. The van der Waals surface area contributed by atoms with Crippen LogP contribution in [0.15, 0.2) is 53.7 Å². The molecule has 1 aliphatic rings. The minimum absolute atomic E-state index is 0.0111. The lowest BCUT2D eigenvalue weighted by Gasteiger charge is -2.15. The van der Waals surface area contributed by atoms with Crippen molar-refractivity contribution in [1.82, 2.24) is 34.1 Å². The van der Waals surface area contributed by atoms with Crippen LogP contribution in [0.3, 0.4) is 0 Å². The van der Waals surface area contributed by atoms with Crippen molar-refractivity contribution in [3.63, 3.8) is 0 Å². The highest BCUT2D eigenvalue weighted by Gasteiger charge is 2.58. The third kappa shape index (κ3) is 6.23. The number of rotatable bonds is 9. The van der Waals surface area contributed by atoms with Crippen molar-refractivity contribution < 1.29 is 36.2 Å². The van der Waals surface area contributed by atoms with Crippen LogP contribution in [-0.2, 0) is 24.3 Å². The number of carbonyl (C=O) groups excluding carboxylic acids is 1. The van der Waals surface area contributed by atoms with E-state index < -0.39 is 54.9 Å². The van der Waals surface area contributed by atoms with Gasteiger partial charge in [-0.3, -0.25) is 9.36 Å². The van der Waals surface area contributed by atoms with E-state index >= 15 is 0 Å². The average molecular weight is 616 g/mol. The molecule has 42 heavy (non-hydrogen) atoms. The Kier molecular flexibility index (Phi) is 7.70. The molecule has 5 rings (SSSR count). The standard InChI is InChI=1S/C25H20ClF6N7O3/c26-15-5-3-13(4-6-15)22-36-38(23(42)37(22)10-19(41)25(30,31)32)11-20-34-12-39(35-20)21-14(2-1-7-33-21)8-18(40)16-9-17(16)24(27,28)29/h1-7,12,16-17,19,41H,8-11H2/t16-,17+,19+/m1/s1. The molecule has 0 unspecified atom stereocenters. The summed E-state index contributed by atoms with van der Waals surface area (Å²) in [7, 11) is 0. The topological polar surface area (TPSA) is 121 Å². The molecule has 1 saturated carbocycles. The van der Waals surface area contributed by atoms with Crippen molar-refractivity contribution in [3.8, 4) is 17.2 Å². The van der Waals surface area contributed by atoms with Crippen LogP contribution < -0.4 is 5.69 Å². The third-order valence-corrected chi connectivity index (χ3v) is 6.91. The van der Waals surface area contributed by atoms with Gasteiger partial charge in [0.05, 0.1) is 12.5 Å². The van der Waals surface area contributed by atoms with Crippen molar-refractivity contribution in [2.45, 2.75) is 44.4 Å². The first-order valence-corrected chi connectivity index (χ1v) is 12.7.